The minimum atomic E-state index is 0.561. The molecular weight excluding hydrogens is 160 g/mol. The molecule has 3 N–H and O–H groups in total. The molecule has 0 aromatic heterocycles. The van der Waals surface area contributed by atoms with Gasteiger partial charge in [0.2, 0.25) is 0 Å². The molecule has 3 unspecified atom stereocenters. The predicted molar refractivity (Wildman–Crippen MR) is 55.4 cm³/mol. The Labute approximate surface area is 80.6 Å². The molecule has 1 saturated carbocycles. The number of hydrogen-bond acceptors (Lipinski definition) is 2. The molecule has 13 heavy (non-hydrogen) atoms. The van der Waals surface area contributed by atoms with Crippen LogP contribution in [0.4, 0.5) is 0 Å². The Hall–Kier alpha value is -0.340. The van der Waals surface area contributed by atoms with E-state index < -0.39 is 0 Å². The smallest absolute Gasteiger partial charge is 0.0218 e. The van der Waals surface area contributed by atoms with Gasteiger partial charge in [0.05, 0.1) is 0 Å². The third-order valence-electron chi connectivity index (χ3n) is 3.54. The van der Waals surface area contributed by atoms with Gasteiger partial charge in [0.15, 0.2) is 0 Å². The number of nitrogens with one attached hydrogen (secondary N) is 1. The predicted octanol–water partition coefficient (Wildman–Crippen LogP) is 1.28. The summed E-state index contributed by atoms with van der Waals surface area (Å²) in [5, 5.41) is 3.31. The topological polar surface area (TPSA) is 38.0 Å². The molecule has 2 nitrogen and oxygen atoms in total. The summed E-state index contributed by atoms with van der Waals surface area (Å²) in [7, 11) is 2.02. The second-order valence-corrected chi connectivity index (χ2v) is 4.40. The van der Waals surface area contributed by atoms with Gasteiger partial charge in [-0.2, -0.15) is 0 Å². The van der Waals surface area contributed by atoms with E-state index >= 15 is 0 Å². The zero-order valence-corrected chi connectivity index (χ0v) is 8.42. The first-order valence-electron chi connectivity index (χ1n) is 5.40. The molecule has 2 heteroatoms. The highest BCUT2D eigenvalue weighted by Crippen LogP contribution is 2.46. The van der Waals surface area contributed by atoms with E-state index in [4.69, 9.17) is 5.73 Å². The minimum absolute atomic E-state index is 0.561. The van der Waals surface area contributed by atoms with Crippen LogP contribution in [0.2, 0.25) is 0 Å². The van der Waals surface area contributed by atoms with Crippen LogP contribution < -0.4 is 11.1 Å². The molecule has 0 saturated heterocycles. The minimum Gasteiger partial charge on any atom is -0.329 e. The van der Waals surface area contributed by atoms with Crippen molar-refractivity contribution in [2.24, 2.45) is 17.6 Å². The molecule has 0 bridgehead atoms. The third-order valence-corrected chi connectivity index (χ3v) is 3.54. The van der Waals surface area contributed by atoms with E-state index in [2.05, 4.69) is 11.4 Å². The van der Waals surface area contributed by atoms with Crippen molar-refractivity contribution in [2.75, 3.05) is 13.6 Å². The highest BCUT2D eigenvalue weighted by atomic mass is 14.9. The molecule has 74 valence electrons. The van der Waals surface area contributed by atoms with Crippen LogP contribution in [-0.2, 0) is 0 Å². The lowest BCUT2D eigenvalue weighted by Gasteiger charge is -2.16. The maximum atomic E-state index is 5.69. The molecule has 1 fully saturated rings. The van der Waals surface area contributed by atoms with Crippen LogP contribution in [0.25, 0.3) is 0 Å². The van der Waals surface area contributed by atoms with Crippen LogP contribution in [0.5, 0.6) is 0 Å². The Morgan fingerprint density at radius 3 is 2.92 bits per heavy atom. The first-order chi connectivity index (χ1) is 6.35. The van der Waals surface area contributed by atoms with Crippen molar-refractivity contribution in [2.45, 2.75) is 31.7 Å². The zero-order valence-electron chi connectivity index (χ0n) is 8.42. The number of rotatable bonds is 5. The van der Waals surface area contributed by atoms with Crippen molar-refractivity contribution in [3.8, 4) is 0 Å². The van der Waals surface area contributed by atoms with Crippen LogP contribution in [-0.4, -0.2) is 19.6 Å². The van der Waals surface area contributed by atoms with Crippen molar-refractivity contribution in [1.82, 2.24) is 5.32 Å². The maximum absolute atomic E-state index is 5.69. The summed E-state index contributed by atoms with van der Waals surface area (Å²) in [6.07, 6.45) is 7.81. The van der Waals surface area contributed by atoms with Crippen LogP contribution in [0, 0.1) is 11.8 Å². The largest absolute Gasteiger partial charge is 0.329 e. The lowest BCUT2D eigenvalue weighted by atomic mass is 9.93. The molecule has 2 rings (SSSR count). The molecule has 2 aliphatic rings. The Kier molecular flexibility index (Phi) is 2.70. The first kappa shape index (κ1) is 9.22. The Balaban J connectivity index is 1.74. The number of allylic oxidation sites excluding steroid dienone is 2. The van der Waals surface area contributed by atoms with Crippen molar-refractivity contribution in [1.29, 1.82) is 0 Å². The number of nitrogens with two attached hydrogens (primary N) is 1. The summed E-state index contributed by atoms with van der Waals surface area (Å²) >= 11 is 0. The summed E-state index contributed by atoms with van der Waals surface area (Å²) in [5.74, 6) is 1.80. The van der Waals surface area contributed by atoms with Gasteiger partial charge in [-0.15, -0.1) is 0 Å². The highest BCUT2D eigenvalue weighted by molar-refractivity contribution is 5.15. The lowest BCUT2D eigenvalue weighted by molar-refractivity contribution is 0.478. The van der Waals surface area contributed by atoms with Gasteiger partial charge in [-0.05, 0) is 44.6 Å². The Bertz CT molecular complexity index is 206. The second-order valence-electron chi connectivity index (χ2n) is 4.40. The molecule has 0 spiro atoms. The van der Waals surface area contributed by atoms with Gasteiger partial charge < -0.3 is 11.1 Å². The van der Waals surface area contributed by atoms with Gasteiger partial charge in [-0.25, -0.2) is 0 Å². The van der Waals surface area contributed by atoms with E-state index in [1.165, 1.54) is 25.7 Å². The number of hydrogen-bond donors (Lipinski definition) is 2. The van der Waals surface area contributed by atoms with Crippen molar-refractivity contribution in [3.63, 3.8) is 0 Å². The summed E-state index contributed by atoms with van der Waals surface area (Å²) in [6.45, 7) is 0.788. The SMILES string of the molecule is CNC(CN)C1CC1CC1=CCC1. The van der Waals surface area contributed by atoms with E-state index in [0.29, 0.717) is 6.04 Å². The van der Waals surface area contributed by atoms with Crippen LogP contribution >= 0.6 is 0 Å². The Morgan fingerprint density at radius 2 is 2.46 bits per heavy atom. The van der Waals surface area contributed by atoms with E-state index in [0.717, 1.165) is 18.4 Å². The normalized spacial score (nSPS) is 33.5. The highest BCUT2D eigenvalue weighted by Gasteiger charge is 2.41. The van der Waals surface area contributed by atoms with Crippen molar-refractivity contribution in [3.05, 3.63) is 11.6 Å². The summed E-state index contributed by atoms with van der Waals surface area (Å²) in [5.41, 5.74) is 7.38. The average Bonchev–Trinajstić information content (AvgIpc) is 2.80. The average molecular weight is 180 g/mol. The lowest BCUT2D eigenvalue weighted by Crippen LogP contribution is -2.35. The fourth-order valence-corrected chi connectivity index (χ4v) is 2.38. The zero-order chi connectivity index (χ0) is 9.26. The fourth-order valence-electron chi connectivity index (χ4n) is 2.38. The third kappa shape index (κ3) is 1.94. The van der Waals surface area contributed by atoms with Crippen molar-refractivity contribution < 1.29 is 0 Å². The van der Waals surface area contributed by atoms with Gasteiger partial charge in [0, 0.05) is 12.6 Å². The molecule has 2 aliphatic carbocycles. The van der Waals surface area contributed by atoms with E-state index in [1.807, 2.05) is 7.05 Å². The summed E-state index contributed by atoms with van der Waals surface area (Å²) in [6, 6.07) is 0.561. The van der Waals surface area contributed by atoms with E-state index in [9.17, 15) is 0 Å². The second kappa shape index (κ2) is 3.81. The quantitative estimate of drug-likeness (QED) is 0.625. The molecule has 0 aliphatic heterocycles. The Morgan fingerprint density at radius 1 is 1.69 bits per heavy atom. The van der Waals surface area contributed by atoms with Crippen LogP contribution in [0.15, 0.2) is 11.6 Å². The van der Waals surface area contributed by atoms with Crippen molar-refractivity contribution >= 4 is 0 Å². The van der Waals surface area contributed by atoms with Gasteiger partial charge in [-0.3, -0.25) is 0 Å². The molecule has 3 atom stereocenters. The molecule has 0 amide bonds. The summed E-state index contributed by atoms with van der Waals surface area (Å²) in [4.78, 5) is 0. The molecule has 0 radical (unpaired) electrons. The monoisotopic (exact) mass is 180 g/mol. The molecular formula is C11H20N2. The van der Waals surface area contributed by atoms with E-state index in [1.54, 1.807) is 5.57 Å². The standard InChI is InChI=1S/C11H20N2/c1-13-11(7-12)10-6-9(10)5-8-3-2-4-8/h3,9-11,13H,2,4-7,12H2,1H3. The maximum Gasteiger partial charge on any atom is 0.0218 e. The van der Waals surface area contributed by atoms with Gasteiger partial charge in [0.1, 0.15) is 0 Å². The molecule has 0 heterocycles. The fraction of sp³-hybridized carbons (Fsp3) is 0.818. The first-order valence-corrected chi connectivity index (χ1v) is 5.40. The molecule has 0 aromatic carbocycles. The number of likely N-dealkylation sites (N-methyl/N-ethyl adjacent to an activating group) is 1. The van der Waals surface area contributed by atoms with Gasteiger partial charge in [-0.1, -0.05) is 11.6 Å². The van der Waals surface area contributed by atoms with Crippen LogP contribution in [0.1, 0.15) is 25.7 Å². The molecule has 0 aromatic rings. The van der Waals surface area contributed by atoms with Gasteiger partial charge >= 0.3 is 0 Å². The van der Waals surface area contributed by atoms with Gasteiger partial charge in [0.25, 0.3) is 0 Å². The van der Waals surface area contributed by atoms with E-state index in [-0.39, 0.29) is 0 Å². The van der Waals surface area contributed by atoms with Crippen LogP contribution in [0.3, 0.4) is 0 Å². The summed E-state index contributed by atoms with van der Waals surface area (Å²) < 4.78 is 0.